The van der Waals surface area contributed by atoms with Gasteiger partial charge in [0.15, 0.2) is 0 Å². The Morgan fingerprint density at radius 2 is 1.32 bits per heavy atom. The average Bonchev–Trinajstić information content (AvgIpc) is 4.07. The Bertz CT molecular complexity index is 2820. The lowest BCUT2D eigenvalue weighted by molar-refractivity contribution is 0.311. The molecule has 0 unspecified atom stereocenters. The highest BCUT2D eigenvalue weighted by Crippen LogP contribution is 2.62. The van der Waals surface area contributed by atoms with E-state index in [1.165, 1.54) is 77.6 Å². The van der Waals surface area contributed by atoms with Crippen LogP contribution in [0.25, 0.3) is 38.8 Å². The summed E-state index contributed by atoms with van der Waals surface area (Å²) in [5, 5.41) is 2.22. The Labute approximate surface area is 329 Å². The molecule has 56 heavy (non-hydrogen) atoms. The molecule has 5 aromatic carbocycles. The zero-order valence-corrected chi connectivity index (χ0v) is 33.0. The summed E-state index contributed by atoms with van der Waals surface area (Å²) >= 11 is 0. The van der Waals surface area contributed by atoms with Crippen molar-refractivity contribution >= 4 is 56.8 Å². The fourth-order valence-electron chi connectivity index (χ4n) is 12.6. The van der Waals surface area contributed by atoms with Crippen molar-refractivity contribution < 1.29 is 4.42 Å². The summed E-state index contributed by atoms with van der Waals surface area (Å²) in [5.41, 5.74) is 16.7. The van der Waals surface area contributed by atoms with Gasteiger partial charge in [-0.1, -0.05) is 108 Å². The Hall–Kier alpha value is -5.23. The van der Waals surface area contributed by atoms with Gasteiger partial charge in [0.2, 0.25) is 0 Å². The van der Waals surface area contributed by atoms with Crippen LogP contribution in [0.1, 0.15) is 120 Å². The second kappa shape index (κ2) is 11.4. The van der Waals surface area contributed by atoms with E-state index in [4.69, 9.17) is 4.42 Å². The van der Waals surface area contributed by atoms with Crippen molar-refractivity contribution in [3.63, 3.8) is 0 Å². The third-order valence-corrected chi connectivity index (χ3v) is 14.8. The lowest BCUT2D eigenvalue weighted by Gasteiger charge is -2.35. The first-order valence-electron chi connectivity index (χ1n) is 21.3. The van der Waals surface area contributed by atoms with Crippen molar-refractivity contribution in [2.45, 2.75) is 108 Å². The lowest BCUT2D eigenvalue weighted by atomic mass is 9.48. The molecule has 5 aliphatic rings. The normalized spacial score (nSPS) is 18.3. The van der Waals surface area contributed by atoms with Crippen LogP contribution in [0.5, 0.6) is 0 Å². The minimum absolute atomic E-state index is 0.0182. The summed E-state index contributed by atoms with van der Waals surface area (Å²) in [6.45, 7) is 8.98. The van der Waals surface area contributed by atoms with Gasteiger partial charge in [-0.3, -0.25) is 14.1 Å². The average molecular weight is 734 g/mol. The Kier molecular flexibility index (Phi) is 6.73. The van der Waals surface area contributed by atoms with Crippen molar-refractivity contribution in [2.75, 3.05) is 4.90 Å². The molecule has 6 heteroatoms. The Morgan fingerprint density at radius 1 is 0.661 bits per heavy atom. The molecule has 0 bridgehead atoms. The maximum absolute atomic E-state index is 15.8. The smallest absolute Gasteiger partial charge is 0.361 e. The molecular formula is C50H48BN3O2. The number of anilines is 3. The molecule has 2 fully saturated rings. The molecule has 2 spiro atoms. The van der Waals surface area contributed by atoms with Crippen LogP contribution < -0.4 is 21.4 Å². The van der Waals surface area contributed by atoms with Gasteiger partial charge < -0.3 is 9.32 Å². The van der Waals surface area contributed by atoms with E-state index < -0.39 is 0 Å². The van der Waals surface area contributed by atoms with E-state index >= 15 is 4.79 Å². The van der Waals surface area contributed by atoms with Crippen molar-refractivity contribution in [1.29, 1.82) is 0 Å². The Balaban J connectivity index is 1.27. The molecule has 278 valence electrons. The van der Waals surface area contributed by atoms with Gasteiger partial charge in [-0.2, -0.15) is 0 Å². The van der Waals surface area contributed by atoms with Gasteiger partial charge in [-0.05, 0) is 109 Å². The first kappa shape index (κ1) is 33.0. The fraction of sp³-hybridized carbons (Fsp3) is 0.340. The summed E-state index contributed by atoms with van der Waals surface area (Å²) in [6.07, 6.45) is 10.7. The molecule has 3 aliphatic carbocycles. The zero-order chi connectivity index (χ0) is 37.7. The molecular weight excluding hydrogens is 685 g/mol. The molecule has 7 aromatic rings. The quantitative estimate of drug-likeness (QED) is 0.169. The summed E-state index contributed by atoms with van der Waals surface area (Å²) in [7, 11) is 0. The van der Waals surface area contributed by atoms with Crippen LogP contribution in [0, 0.1) is 0 Å². The molecule has 12 rings (SSSR count). The molecule has 0 atom stereocenters. The topological polar surface area (TPSA) is 43.3 Å². The van der Waals surface area contributed by atoms with Crippen LogP contribution in [0.2, 0.25) is 0 Å². The monoisotopic (exact) mass is 733 g/mol. The summed E-state index contributed by atoms with van der Waals surface area (Å²) in [4.78, 5) is 18.3. The minimum atomic E-state index is -0.312. The number of aromatic nitrogens is 2. The second-order valence-corrected chi connectivity index (χ2v) is 18.4. The van der Waals surface area contributed by atoms with Crippen molar-refractivity contribution in [2.24, 2.45) is 0 Å². The van der Waals surface area contributed by atoms with Gasteiger partial charge in [0, 0.05) is 55.2 Å². The molecule has 2 aromatic heterocycles. The summed E-state index contributed by atoms with van der Waals surface area (Å²) < 4.78 is 11.7. The van der Waals surface area contributed by atoms with Crippen LogP contribution in [0.3, 0.4) is 0 Å². The second-order valence-electron chi connectivity index (χ2n) is 18.4. The number of hydrogen-bond donors (Lipinski definition) is 0. The number of nitrogens with zero attached hydrogens (tertiary/aromatic N) is 3. The maximum Gasteiger partial charge on any atom is 0.361 e. The van der Waals surface area contributed by atoms with Gasteiger partial charge in [-0.25, -0.2) is 0 Å². The lowest BCUT2D eigenvalue weighted by Crippen LogP contribution is -2.56. The fourth-order valence-corrected chi connectivity index (χ4v) is 12.6. The number of rotatable bonds is 4. The molecule has 4 heterocycles. The third-order valence-electron chi connectivity index (χ3n) is 14.8. The minimum Gasteiger partial charge on any atom is -0.456 e. The van der Waals surface area contributed by atoms with E-state index in [0.29, 0.717) is 11.8 Å². The van der Waals surface area contributed by atoms with Crippen LogP contribution in [-0.4, -0.2) is 16.1 Å². The molecule has 5 nitrogen and oxygen atoms in total. The Morgan fingerprint density at radius 3 is 2.04 bits per heavy atom. The number of furan rings is 1. The largest absolute Gasteiger partial charge is 0.456 e. The highest BCUT2D eigenvalue weighted by atomic mass is 16.3. The maximum atomic E-state index is 15.8. The van der Waals surface area contributed by atoms with E-state index in [-0.39, 0.29) is 23.2 Å². The summed E-state index contributed by atoms with van der Waals surface area (Å²) in [5.74, 6) is 0.706. The zero-order valence-electron chi connectivity index (χ0n) is 33.0. The molecule has 2 saturated carbocycles. The van der Waals surface area contributed by atoms with Crippen molar-refractivity contribution in [3.8, 4) is 16.8 Å². The number of fused-ring (bicyclic) bond motifs is 13. The summed E-state index contributed by atoms with van der Waals surface area (Å²) in [6, 6.07) is 35.6. The SMILES string of the molecule is CC(C)c1cccc(C(C)C)c1-c1cc2c3c(c1)-n1c4c(c(=O)n1B3c1c(ccc3c1oc1ccccc13)N2c1ccccc1)C1(CCCC1)CC41CCCC1. The van der Waals surface area contributed by atoms with E-state index in [9.17, 15) is 0 Å². The highest BCUT2D eigenvalue weighted by molar-refractivity contribution is 6.90. The van der Waals surface area contributed by atoms with Gasteiger partial charge in [0.05, 0.1) is 11.4 Å². The van der Waals surface area contributed by atoms with Gasteiger partial charge in [0.1, 0.15) is 11.2 Å². The number of benzene rings is 5. The van der Waals surface area contributed by atoms with Crippen LogP contribution in [0.4, 0.5) is 17.1 Å². The molecule has 2 aliphatic heterocycles. The third kappa shape index (κ3) is 4.10. The first-order valence-corrected chi connectivity index (χ1v) is 21.3. The number of para-hydroxylation sites is 2. The van der Waals surface area contributed by atoms with Crippen LogP contribution >= 0.6 is 0 Å². The highest BCUT2D eigenvalue weighted by Gasteiger charge is 2.60. The van der Waals surface area contributed by atoms with E-state index in [0.717, 1.165) is 69.3 Å². The van der Waals surface area contributed by atoms with Crippen LogP contribution in [-0.2, 0) is 10.8 Å². The van der Waals surface area contributed by atoms with Crippen molar-refractivity contribution in [3.05, 3.63) is 130 Å². The van der Waals surface area contributed by atoms with Gasteiger partial charge in [0.25, 0.3) is 5.56 Å². The predicted octanol–water partition coefficient (Wildman–Crippen LogP) is 11.2. The van der Waals surface area contributed by atoms with E-state index in [2.05, 4.69) is 139 Å². The molecule has 0 amide bonds. The van der Waals surface area contributed by atoms with Gasteiger partial charge >= 0.3 is 6.85 Å². The van der Waals surface area contributed by atoms with E-state index in [1.807, 2.05) is 0 Å². The molecule has 0 saturated heterocycles. The molecule has 0 N–H and O–H groups in total. The van der Waals surface area contributed by atoms with Crippen LogP contribution in [0.15, 0.2) is 106 Å². The van der Waals surface area contributed by atoms with Gasteiger partial charge in [-0.15, -0.1) is 0 Å². The molecule has 0 radical (unpaired) electrons. The number of hydrogen-bond acceptors (Lipinski definition) is 3. The predicted molar refractivity (Wildman–Crippen MR) is 231 cm³/mol. The van der Waals surface area contributed by atoms with E-state index in [1.54, 1.807) is 0 Å². The first-order chi connectivity index (χ1) is 27.3. The van der Waals surface area contributed by atoms with Crippen molar-refractivity contribution in [1.82, 2.24) is 9.27 Å². The standard InChI is InChI=1S/C50H48BN3O2/c1-30(2)34-18-14-19-35(31(3)4)42(34)32-27-39-44-40(28-32)53-47-43(49(23-10-11-24-49)29-50(47)25-12-13-26-50)48(55)54(53)51(44)45-38(52(39)33-15-6-5-7-16-33)22-21-37-36-17-8-9-20-41(36)56-46(37)45/h5-9,14-22,27-28,30-31H,10-13,23-26,29H2,1-4H3.